The summed E-state index contributed by atoms with van der Waals surface area (Å²) in [5, 5.41) is 0. The lowest BCUT2D eigenvalue weighted by Crippen LogP contribution is -2.27. The van der Waals surface area contributed by atoms with E-state index < -0.39 is 0 Å². The van der Waals surface area contributed by atoms with Gasteiger partial charge in [-0.15, -0.1) is 0 Å². The van der Waals surface area contributed by atoms with Gasteiger partial charge in [0.05, 0.1) is 0 Å². The highest BCUT2D eigenvalue weighted by molar-refractivity contribution is 5.26. The summed E-state index contributed by atoms with van der Waals surface area (Å²) < 4.78 is 0. The van der Waals surface area contributed by atoms with E-state index in [-0.39, 0.29) is 6.04 Å². The fourth-order valence-electron chi connectivity index (χ4n) is 3.84. The second kappa shape index (κ2) is 7.45. The predicted molar refractivity (Wildman–Crippen MR) is 92.2 cm³/mol. The standard InChI is InChI=1S/C20H33N/c1-14(2)12-16-6-5-7-19(13-16)20(21)18-10-8-17(9-11-18)15(3)4/h5-7,13-15,17-18,20H,8-12,21H2,1-4H3. The molecule has 1 aromatic carbocycles. The topological polar surface area (TPSA) is 26.0 Å². The molecule has 0 heterocycles. The third kappa shape index (κ3) is 4.57. The molecule has 0 amide bonds. The van der Waals surface area contributed by atoms with Gasteiger partial charge >= 0.3 is 0 Å². The predicted octanol–water partition coefficient (Wildman–Crippen LogP) is 5.35. The van der Waals surface area contributed by atoms with Gasteiger partial charge in [-0.1, -0.05) is 52.0 Å². The van der Waals surface area contributed by atoms with Crippen LogP contribution in [-0.2, 0) is 6.42 Å². The quantitative estimate of drug-likeness (QED) is 0.776. The first-order chi connectivity index (χ1) is 9.97. The highest BCUT2D eigenvalue weighted by Crippen LogP contribution is 2.38. The minimum atomic E-state index is 0.227. The average Bonchev–Trinajstić information content (AvgIpc) is 2.46. The van der Waals surface area contributed by atoms with Crippen LogP contribution in [0.5, 0.6) is 0 Å². The summed E-state index contributed by atoms with van der Waals surface area (Å²) in [6.07, 6.45) is 6.49. The lowest BCUT2D eigenvalue weighted by atomic mass is 9.73. The third-order valence-electron chi connectivity index (χ3n) is 5.25. The summed E-state index contributed by atoms with van der Waals surface area (Å²) in [4.78, 5) is 0. The molecule has 1 atom stereocenters. The van der Waals surface area contributed by atoms with Crippen LogP contribution in [0.25, 0.3) is 0 Å². The minimum absolute atomic E-state index is 0.227. The molecule has 1 aliphatic rings. The van der Waals surface area contributed by atoms with Crippen molar-refractivity contribution >= 4 is 0 Å². The van der Waals surface area contributed by atoms with Gasteiger partial charge in [0.2, 0.25) is 0 Å². The zero-order valence-corrected chi connectivity index (χ0v) is 14.3. The minimum Gasteiger partial charge on any atom is -0.324 e. The van der Waals surface area contributed by atoms with Crippen LogP contribution in [-0.4, -0.2) is 0 Å². The lowest BCUT2D eigenvalue weighted by molar-refractivity contribution is 0.203. The summed E-state index contributed by atoms with van der Waals surface area (Å²) in [6.45, 7) is 9.28. The van der Waals surface area contributed by atoms with Crippen LogP contribution < -0.4 is 5.73 Å². The van der Waals surface area contributed by atoms with Crippen LogP contribution in [0.4, 0.5) is 0 Å². The van der Waals surface area contributed by atoms with Gasteiger partial charge in [-0.25, -0.2) is 0 Å². The van der Waals surface area contributed by atoms with Crippen LogP contribution in [0.1, 0.15) is 70.5 Å². The molecule has 1 aromatic rings. The maximum Gasteiger partial charge on any atom is 0.0323 e. The normalized spacial score (nSPS) is 24.5. The van der Waals surface area contributed by atoms with Crippen molar-refractivity contribution in [2.45, 2.75) is 65.8 Å². The van der Waals surface area contributed by atoms with E-state index in [1.165, 1.54) is 36.8 Å². The van der Waals surface area contributed by atoms with Crippen LogP contribution in [0.2, 0.25) is 0 Å². The number of nitrogens with two attached hydrogens (primary N) is 1. The zero-order chi connectivity index (χ0) is 15.4. The zero-order valence-electron chi connectivity index (χ0n) is 14.3. The van der Waals surface area contributed by atoms with Crippen LogP contribution in [0, 0.1) is 23.7 Å². The van der Waals surface area contributed by atoms with E-state index in [1.807, 2.05) is 0 Å². The summed E-state index contributed by atoms with van der Waals surface area (Å²) in [5.74, 6) is 3.13. The fraction of sp³-hybridized carbons (Fsp3) is 0.700. The third-order valence-corrected chi connectivity index (χ3v) is 5.25. The average molecular weight is 287 g/mol. The Morgan fingerprint density at radius 2 is 1.62 bits per heavy atom. The highest BCUT2D eigenvalue weighted by atomic mass is 14.7. The van der Waals surface area contributed by atoms with E-state index in [9.17, 15) is 0 Å². The second-order valence-corrected chi connectivity index (χ2v) is 7.79. The Hall–Kier alpha value is -0.820. The molecule has 1 saturated carbocycles. The van der Waals surface area contributed by atoms with Crippen molar-refractivity contribution < 1.29 is 0 Å². The van der Waals surface area contributed by atoms with Crippen molar-refractivity contribution in [3.05, 3.63) is 35.4 Å². The molecule has 2 rings (SSSR count). The van der Waals surface area contributed by atoms with E-state index in [2.05, 4.69) is 52.0 Å². The Labute approximate surface area is 131 Å². The molecule has 0 aromatic heterocycles. The maximum atomic E-state index is 6.59. The molecule has 0 aliphatic heterocycles. The fourth-order valence-corrected chi connectivity index (χ4v) is 3.84. The molecule has 1 heteroatoms. The second-order valence-electron chi connectivity index (χ2n) is 7.79. The lowest BCUT2D eigenvalue weighted by Gasteiger charge is -2.34. The number of hydrogen-bond donors (Lipinski definition) is 1. The maximum absolute atomic E-state index is 6.59. The molecule has 0 bridgehead atoms. The van der Waals surface area contributed by atoms with Gasteiger partial charge in [0.25, 0.3) is 0 Å². The largest absolute Gasteiger partial charge is 0.324 e. The van der Waals surface area contributed by atoms with Crippen LogP contribution in [0.15, 0.2) is 24.3 Å². The molecule has 21 heavy (non-hydrogen) atoms. The van der Waals surface area contributed by atoms with E-state index in [0.717, 1.165) is 18.3 Å². The molecule has 1 fully saturated rings. The van der Waals surface area contributed by atoms with Gasteiger partial charge in [-0.3, -0.25) is 0 Å². The molecule has 118 valence electrons. The van der Waals surface area contributed by atoms with Gasteiger partial charge in [-0.05, 0) is 66.9 Å². The van der Waals surface area contributed by atoms with Crippen LogP contribution in [0.3, 0.4) is 0 Å². The van der Waals surface area contributed by atoms with Gasteiger partial charge in [0.1, 0.15) is 0 Å². The molecule has 1 aliphatic carbocycles. The van der Waals surface area contributed by atoms with Crippen molar-refractivity contribution in [1.29, 1.82) is 0 Å². The van der Waals surface area contributed by atoms with Gasteiger partial charge in [0.15, 0.2) is 0 Å². The first-order valence-electron chi connectivity index (χ1n) is 8.81. The Kier molecular flexibility index (Phi) is 5.87. The monoisotopic (exact) mass is 287 g/mol. The van der Waals surface area contributed by atoms with Crippen molar-refractivity contribution in [3.63, 3.8) is 0 Å². The van der Waals surface area contributed by atoms with E-state index in [4.69, 9.17) is 5.73 Å². The Morgan fingerprint density at radius 3 is 2.19 bits per heavy atom. The molecular formula is C20H33N. The SMILES string of the molecule is CC(C)Cc1cccc(C(N)C2CCC(C(C)C)CC2)c1. The van der Waals surface area contributed by atoms with Crippen molar-refractivity contribution in [1.82, 2.24) is 0 Å². The molecule has 0 saturated heterocycles. The smallest absolute Gasteiger partial charge is 0.0323 e. The van der Waals surface area contributed by atoms with Crippen molar-refractivity contribution in [3.8, 4) is 0 Å². The molecule has 0 radical (unpaired) electrons. The number of benzene rings is 1. The van der Waals surface area contributed by atoms with Gasteiger partial charge in [0, 0.05) is 6.04 Å². The first-order valence-corrected chi connectivity index (χ1v) is 8.81. The van der Waals surface area contributed by atoms with E-state index >= 15 is 0 Å². The van der Waals surface area contributed by atoms with E-state index in [1.54, 1.807) is 0 Å². The van der Waals surface area contributed by atoms with Gasteiger partial charge < -0.3 is 5.73 Å². The summed E-state index contributed by atoms with van der Waals surface area (Å²) in [6, 6.07) is 9.23. The summed E-state index contributed by atoms with van der Waals surface area (Å²) >= 11 is 0. The van der Waals surface area contributed by atoms with Crippen molar-refractivity contribution in [2.75, 3.05) is 0 Å². The van der Waals surface area contributed by atoms with Gasteiger partial charge in [-0.2, -0.15) is 0 Å². The molecule has 0 spiro atoms. The first kappa shape index (κ1) is 16.5. The highest BCUT2D eigenvalue weighted by Gasteiger charge is 2.27. The summed E-state index contributed by atoms with van der Waals surface area (Å²) in [7, 11) is 0. The Balaban J connectivity index is 1.98. The molecule has 2 N–H and O–H groups in total. The summed E-state index contributed by atoms with van der Waals surface area (Å²) in [5.41, 5.74) is 9.38. The Morgan fingerprint density at radius 1 is 1.00 bits per heavy atom. The van der Waals surface area contributed by atoms with E-state index in [0.29, 0.717) is 11.8 Å². The molecule has 1 unspecified atom stereocenters. The number of rotatable bonds is 5. The molecule has 1 nitrogen and oxygen atoms in total. The Bertz CT molecular complexity index is 427. The van der Waals surface area contributed by atoms with Crippen molar-refractivity contribution in [2.24, 2.45) is 29.4 Å². The number of hydrogen-bond acceptors (Lipinski definition) is 1. The molecular weight excluding hydrogens is 254 g/mol. The van der Waals surface area contributed by atoms with Crippen LogP contribution >= 0.6 is 0 Å².